The number of benzene rings is 1. The van der Waals surface area contributed by atoms with Gasteiger partial charge in [-0.2, -0.15) is 5.10 Å². The highest BCUT2D eigenvalue weighted by Gasteiger charge is 2.16. The van der Waals surface area contributed by atoms with E-state index >= 15 is 0 Å². The standard InChI is InChI=1S/C14H18BrN3O/c1-9(18-14(16)13(15)10(2)17-18)8-11-6-4-5-7-12(11)19-3/h4-7,9H,8,16H2,1-3H3. The molecule has 0 aliphatic rings. The molecular weight excluding hydrogens is 306 g/mol. The summed E-state index contributed by atoms with van der Waals surface area (Å²) >= 11 is 3.45. The van der Waals surface area contributed by atoms with Gasteiger partial charge in [0.2, 0.25) is 0 Å². The maximum absolute atomic E-state index is 6.05. The van der Waals surface area contributed by atoms with Crippen LogP contribution < -0.4 is 10.5 Å². The number of aryl methyl sites for hydroxylation is 1. The topological polar surface area (TPSA) is 53.1 Å². The van der Waals surface area contributed by atoms with Crippen molar-refractivity contribution < 1.29 is 4.74 Å². The second-order valence-corrected chi connectivity index (χ2v) is 5.39. The van der Waals surface area contributed by atoms with Crippen molar-refractivity contribution in [2.75, 3.05) is 12.8 Å². The van der Waals surface area contributed by atoms with Gasteiger partial charge >= 0.3 is 0 Å². The molecule has 19 heavy (non-hydrogen) atoms. The van der Waals surface area contributed by atoms with Crippen LogP contribution in [-0.4, -0.2) is 16.9 Å². The average molecular weight is 324 g/mol. The fourth-order valence-electron chi connectivity index (χ4n) is 2.16. The number of rotatable bonds is 4. The molecule has 1 heterocycles. The van der Waals surface area contributed by atoms with E-state index in [0.717, 1.165) is 27.9 Å². The Balaban J connectivity index is 2.25. The number of ether oxygens (including phenoxy) is 1. The molecule has 2 N–H and O–H groups in total. The third kappa shape index (κ3) is 2.76. The van der Waals surface area contributed by atoms with E-state index in [4.69, 9.17) is 10.5 Å². The fourth-order valence-corrected chi connectivity index (χ4v) is 2.42. The van der Waals surface area contributed by atoms with Crippen molar-refractivity contribution in [2.24, 2.45) is 0 Å². The smallest absolute Gasteiger partial charge is 0.136 e. The van der Waals surface area contributed by atoms with Crippen molar-refractivity contribution in [3.63, 3.8) is 0 Å². The van der Waals surface area contributed by atoms with Gasteiger partial charge in [-0.3, -0.25) is 0 Å². The van der Waals surface area contributed by atoms with Crippen LogP contribution in [0.5, 0.6) is 5.75 Å². The molecule has 0 radical (unpaired) electrons. The highest BCUT2D eigenvalue weighted by Crippen LogP contribution is 2.29. The summed E-state index contributed by atoms with van der Waals surface area (Å²) in [6.45, 7) is 4.04. The Hall–Kier alpha value is -1.49. The monoisotopic (exact) mass is 323 g/mol. The minimum Gasteiger partial charge on any atom is -0.496 e. The molecule has 2 rings (SSSR count). The summed E-state index contributed by atoms with van der Waals surface area (Å²) in [7, 11) is 1.69. The number of hydrogen-bond donors (Lipinski definition) is 1. The van der Waals surface area contributed by atoms with Gasteiger partial charge in [-0.25, -0.2) is 4.68 Å². The van der Waals surface area contributed by atoms with Crippen molar-refractivity contribution in [1.29, 1.82) is 0 Å². The molecule has 0 spiro atoms. The summed E-state index contributed by atoms with van der Waals surface area (Å²) < 4.78 is 8.10. The lowest BCUT2D eigenvalue weighted by Gasteiger charge is -2.16. The summed E-state index contributed by atoms with van der Waals surface area (Å²) in [6, 6.07) is 8.18. The number of para-hydroxylation sites is 1. The van der Waals surface area contributed by atoms with E-state index in [1.807, 2.05) is 29.8 Å². The summed E-state index contributed by atoms with van der Waals surface area (Å²) in [5.74, 6) is 1.57. The van der Waals surface area contributed by atoms with Crippen molar-refractivity contribution >= 4 is 21.7 Å². The molecule has 0 saturated heterocycles. The Morgan fingerprint density at radius 1 is 1.42 bits per heavy atom. The summed E-state index contributed by atoms with van der Waals surface area (Å²) in [6.07, 6.45) is 0.821. The molecular formula is C14H18BrN3O. The average Bonchev–Trinajstić information content (AvgIpc) is 2.67. The Morgan fingerprint density at radius 3 is 2.68 bits per heavy atom. The lowest BCUT2D eigenvalue weighted by Crippen LogP contribution is -2.13. The number of halogens is 1. The predicted molar refractivity (Wildman–Crippen MR) is 80.5 cm³/mol. The molecule has 4 nitrogen and oxygen atoms in total. The summed E-state index contributed by atoms with van der Waals surface area (Å²) in [4.78, 5) is 0. The molecule has 1 aromatic heterocycles. The largest absolute Gasteiger partial charge is 0.496 e. The van der Waals surface area contributed by atoms with Crippen LogP contribution in [0.25, 0.3) is 0 Å². The van der Waals surface area contributed by atoms with Gasteiger partial charge in [-0.05, 0) is 47.8 Å². The van der Waals surface area contributed by atoms with Crippen molar-refractivity contribution in [1.82, 2.24) is 9.78 Å². The van der Waals surface area contributed by atoms with Crippen molar-refractivity contribution in [3.05, 3.63) is 40.0 Å². The number of anilines is 1. The normalized spacial score (nSPS) is 12.4. The number of hydrogen-bond acceptors (Lipinski definition) is 3. The molecule has 1 aromatic carbocycles. The molecule has 1 unspecified atom stereocenters. The SMILES string of the molecule is COc1ccccc1CC(C)n1nc(C)c(Br)c1N. The maximum atomic E-state index is 6.05. The van der Waals surface area contributed by atoms with Crippen molar-refractivity contribution in [3.8, 4) is 5.75 Å². The molecule has 2 aromatic rings. The maximum Gasteiger partial charge on any atom is 0.136 e. The molecule has 0 aliphatic heterocycles. The van der Waals surface area contributed by atoms with Gasteiger partial charge < -0.3 is 10.5 Å². The van der Waals surface area contributed by atoms with E-state index in [1.54, 1.807) is 7.11 Å². The molecule has 0 bridgehead atoms. The van der Waals surface area contributed by atoms with Crippen LogP contribution in [0.3, 0.4) is 0 Å². The van der Waals surface area contributed by atoms with Crippen LogP contribution in [0, 0.1) is 6.92 Å². The van der Waals surface area contributed by atoms with Crippen LogP contribution in [0.15, 0.2) is 28.7 Å². The molecule has 0 aliphatic carbocycles. The van der Waals surface area contributed by atoms with Crippen LogP contribution >= 0.6 is 15.9 Å². The van der Waals surface area contributed by atoms with Crippen LogP contribution in [0.2, 0.25) is 0 Å². The van der Waals surface area contributed by atoms with E-state index in [2.05, 4.69) is 34.0 Å². The van der Waals surface area contributed by atoms with Gasteiger partial charge in [0.1, 0.15) is 11.6 Å². The van der Waals surface area contributed by atoms with Crippen LogP contribution in [0.1, 0.15) is 24.2 Å². The molecule has 0 fully saturated rings. The number of nitrogen functional groups attached to an aromatic ring is 1. The second-order valence-electron chi connectivity index (χ2n) is 4.59. The molecule has 1 atom stereocenters. The number of nitrogens with two attached hydrogens (primary N) is 1. The molecule has 102 valence electrons. The summed E-state index contributed by atoms with van der Waals surface area (Å²) in [5.41, 5.74) is 8.11. The molecule has 0 amide bonds. The van der Waals surface area contributed by atoms with Gasteiger partial charge in [0.05, 0.1) is 23.3 Å². The minimum atomic E-state index is 0.168. The Labute approximate surface area is 121 Å². The van der Waals surface area contributed by atoms with Gasteiger partial charge in [-0.1, -0.05) is 18.2 Å². The van der Waals surface area contributed by atoms with Gasteiger partial charge in [-0.15, -0.1) is 0 Å². The fraction of sp³-hybridized carbons (Fsp3) is 0.357. The first kappa shape index (κ1) is 13.9. The summed E-state index contributed by atoms with van der Waals surface area (Å²) in [5, 5.41) is 4.47. The number of aromatic nitrogens is 2. The highest BCUT2D eigenvalue weighted by atomic mass is 79.9. The van der Waals surface area contributed by atoms with Crippen molar-refractivity contribution in [2.45, 2.75) is 26.3 Å². The molecule has 0 saturated carbocycles. The van der Waals surface area contributed by atoms with E-state index in [-0.39, 0.29) is 6.04 Å². The van der Waals surface area contributed by atoms with E-state index in [1.165, 1.54) is 0 Å². The predicted octanol–water partition coefficient (Wildman–Crippen LogP) is 3.35. The van der Waals surface area contributed by atoms with E-state index < -0.39 is 0 Å². The van der Waals surface area contributed by atoms with Gasteiger partial charge in [0, 0.05) is 0 Å². The Kier molecular flexibility index (Phi) is 4.14. The highest BCUT2D eigenvalue weighted by molar-refractivity contribution is 9.10. The first-order valence-electron chi connectivity index (χ1n) is 6.16. The van der Waals surface area contributed by atoms with Crippen LogP contribution in [-0.2, 0) is 6.42 Å². The van der Waals surface area contributed by atoms with Crippen LogP contribution in [0.4, 0.5) is 5.82 Å². The third-order valence-electron chi connectivity index (χ3n) is 3.17. The van der Waals surface area contributed by atoms with E-state index in [0.29, 0.717) is 5.82 Å². The first-order chi connectivity index (χ1) is 9.04. The zero-order valence-electron chi connectivity index (χ0n) is 11.4. The molecule has 5 heteroatoms. The van der Waals surface area contributed by atoms with Gasteiger partial charge in [0.25, 0.3) is 0 Å². The van der Waals surface area contributed by atoms with Gasteiger partial charge in [0.15, 0.2) is 0 Å². The quantitative estimate of drug-likeness (QED) is 0.938. The minimum absolute atomic E-state index is 0.168. The number of nitrogens with zero attached hydrogens (tertiary/aromatic N) is 2. The Bertz CT molecular complexity index is 580. The Morgan fingerprint density at radius 2 is 2.11 bits per heavy atom. The van der Waals surface area contributed by atoms with E-state index in [9.17, 15) is 0 Å². The number of methoxy groups -OCH3 is 1. The lowest BCUT2D eigenvalue weighted by atomic mass is 10.1. The zero-order valence-corrected chi connectivity index (χ0v) is 12.9. The lowest BCUT2D eigenvalue weighted by molar-refractivity contribution is 0.402. The second kappa shape index (κ2) is 5.65. The zero-order chi connectivity index (χ0) is 14.0. The first-order valence-corrected chi connectivity index (χ1v) is 6.95. The third-order valence-corrected chi connectivity index (χ3v) is 4.15.